The predicted molar refractivity (Wildman–Crippen MR) is 93.5 cm³/mol. The molecule has 0 aliphatic carbocycles. The second-order valence-corrected chi connectivity index (χ2v) is 5.23. The molecule has 4 heteroatoms. The Hall–Kier alpha value is -3.36. The van der Waals surface area contributed by atoms with Crippen LogP contribution >= 0.6 is 0 Å². The van der Waals surface area contributed by atoms with Gasteiger partial charge in [-0.25, -0.2) is 4.98 Å². The molecule has 23 heavy (non-hydrogen) atoms. The van der Waals surface area contributed by atoms with Gasteiger partial charge in [0.15, 0.2) is 0 Å². The van der Waals surface area contributed by atoms with Gasteiger partial charge >= 0.3 is 0 Å². The van der Waals surface area contributed by atoms with Crippen molar-refractivity contribution in [3.63, 3.8) is 0 Å². The Morgan fingerprint density at radius 3 is 1.96 bits per heavy atom. The molecule has 0 aliphatic rings. The van der Waals surface area contributed by atoms with Crippen molar-refractivity contribution in [3.8, 4) is 11.1 Å². The minimum absolute atomic E-state index is 0.622. The van der Waals surface area contributed by atoms with Gasteiger partial charge in [0.05, 0.1) is 11.0 Å². The largest absolute Gasteiger partial charge is 0.248 e. The van der Waals surface area contributed by atoms with E-state index in [0.29, 0.717) is 5.69 Å². The number of rotatable bonds is 2. The SMILES string of the molecule is [N-]=[N+]=Nc1ccccc1-c1c2ccccc2nc2ccccc12. The lowest BCUT2D eigenvalue weighted by Gasteiger charge is -2.13. The molecule has 4 aromatic rings. The normalized spacial score (nSPS) is 10.6. The van der Waals surface area contributed by atoms with Crippen molar-refractivity contribution < 1.29 is 0 Å². The third kappa shape index (κ3) is 2.18. The Bertz CT molecular complexity index is 1020. The molecule has 0 atom stereocenters. The molecule has 0 radical (unpaired) electrons. The molecule has 0 unspecified atom stereocenters. The number of hydrogen-bond acceptors (Lipinski definition) is 2. The van der Waals surface area contributed by atoms with Crippen molar-refractivity contribution in [2.24, 2.45) is 5.11 Å². The first-order valence-corrected chi connectivity index (χ1v) is 7.30. The van der Waals surface area contributed by atoms with Crippen molar-refractivity contribution in [1.29, 1.82) is 0 Å². The summed E-state index contributed by atoms with van der Waals surface area (Å²) in [6.45, 7) is 0. The van der Waals surface area contributed by atoms with Crippen molar-refractivity contribution >= 4 is 27.5 Å². The number of hydrogen-bond donors (Lipinski definition) is 0. The number of pyridine rings is 1. The summed E-state index contributed by atoms with van der Waals surface area (Å²) in [5.74, 6) is 0. The molecule has 1 heterocycles. The fraction of sp³-hybridized carbons (Fsp3) is 0. The molecule has 0 amide bonds. The zero-order chi connectivity index (χ0) is 15.6. The predicted octanol–water partition coefficient (Wildman–Crippen LogP) is 6.00. The van der Waals surface area contributed by atoms with Crippen LogP contribution in [0.15, 0.2) is 77.9 Å². The fourth-order valence-electron chi connectivity index (χ4n) is 2.95. The standard InChI is InChI=1S/C19H12N4/c20-23-22-18-12-6-3-9-15(18)19-13-7-1-4-10-16(13)21-17-11-5-2-8-14(17)19/h1-12H. The molecule has 108 valence electrons. The van der Waals surface area contributed by atoms with Gasteiger partial charge in [-0.2, -0.15) is 0 Å². The molecule has 0 saturated heterocycles. The van der Waals surface area contributed by atoms with Gasteiger partial charge in [-0.05, 0) is 23.2 Å². The van der Waals surface area contributed by atoms with E-state index >= 15 is 0 Å². The topological polar surface area (TPSA) is 61.7 Å². The molecular formula is C19H12N4. The molecule has 0 spiro atoms. The Balaban J connectivity index is 2.22. The zero-order valence-corrected chi connectivity index (χ0v) is 12.2. The minimum atomic E-state index is 0.622. The Morgan fingerprint density at radius 2 is 1.30 bits per heavy atom. The van der Waals surface area contributed by atoms with E-state index in [9.17, 15) is 0 Å². The second-order valence-electron chi connectivity index (χ2n) is 5.23. The molecule has 1 aromatic heterocycles. The van der Waals surface area contributed by atoms with Crippen molar-refractivity contribution in [3.05, 3.63) is 83.2 Å². The van der Waals surface area contributed by atoms with Gasteiger partial charge in [0, 0.05) is 26.9 Å². The van der Waals surface area contributed by atoms with Gasteiger partial charge in [-0.15, -0.1) is 0 Å². The highest BCUT2D eigenvalue weighted by Gasteiger charge is 2.12. The summed E-state index contributed by atoms with van der Waals surface area (Å²) in [5, 5.41) is 5.95. The number of para-hydroxylation sites is 2. The smallest absolute Gasteiger partial charge is 0.0715 e. The van der Waals surface area contributed by atoms with Gasteiger partial charge in [0.25, 0.3) is 0 Å². The maximum absolute atomic E-state index is 8.86. The molecule has 4 rings (SSSR count). The maximum atomic E-state index is 8.86. The number of aromatic nitrogens is 1. The highest BCUT2D eigenvalue weighted by molar-refractivity contribution is 6.11. The Labute approximate surface area is 132 Å². The molecule has 0 fully saturated rings. The lowest BCUT2D eigenvalue weighted by atomic mass is 9.95. The van der Waals surface area contributed by atoms with Crippen LogP contribution in [0.5, 0.6) is 0 Å². The van der Waals surface area contributed by atoms with Crippen molar-refractivity contribution in [2.75, 3.05) is 0 Å². The summed E-state index contributed by atoms with van der Waals surface area (Å²) in [6, 6.07) is 23.7. The monoisotopic (exact) mass is 296 g/mol. The van der Waals surface area contributed by atoms with Crippen LogP contribution in [0, 0.1) is 0 Å². The number of fused-ring (bicyclic) bond motifs is 2. The fourth-order valence-corrected chi connectivity index (χ4v) is 2.95. The molecule has 4 nitrogen and oxygen atoms in total. The highest BCUT2D eigenvalue weighted by Crippen LogP contribution is 2.39. The third-order valence-electron chi connectivity index (χ3n) is 3.91. The molecule has 0 bridgehead atoms. The summed E-state index contributed by atoms with van der Waals surface area (Å²) >= 11 is 0. The average molecular weight is 296 g/mol. The van der Waals surface area contributed by atoms with Gasteiger partial charge in [-0.3, -0.25) is 0 Å². The van der Waals surface area contributed by atoms with E-state index < -0.39 is 0 Å². The summed E-state index contributed by atoms with van der Waals surface area (Å²) in [4.78, 5) is 7.70. The van der Waals surface area contributed by atoms with E-state index in [1.807, 2.05) is 60.7 Å². The van der Waals surface area contributed by atoms with E-state index in [0.717, 1.165) is 32.9 Å². The summed E-state index contributed by atoms with van der Waals surface area (Å²) in [5.41, 5.74) is 13.3. The van der Waals surface area contributed by atoms with Crippen LogP contribution in [0.1, 0.15) is 0 Å². The average Bonchev–Trinajstić information content (AvgIpc) is 2.61. The van der Waals surface area contributed by atoms with Gasteiger partial charge in [-0.1, -0.05) is 65.8 Å². The van der Waals surface area contributed by atoms with Crippen LogP contribution in [0.4, 0.5) is 5.69 Å². The first-order valence-electron chi connectivity index (χ1n) is 7.30. The molecule has 0 saturated carbocycles. The Morgan fingerprint density at radius 1 is 0.739 bits per heavy atom. The van der Waals surface area contributed by atoms with Crippen LogP contribution in [-0.4, -0.2) is 4.98 Å². The number of azide groups is 1. The summed E-state index contributed by atoms with van der Waals surface area (Å²) in [6.07, 6.45) is 0. The summed E-state index contributed by atoms with van der Waals surface area (Å²) < 4.78 is 0. The van der Waals surface area contributed by atoms with E-state index in [1.165, 1.54) is 0 Å². The van der Waals surface area contributed by atoms with E-state index in [4.69, 9.17) is 10.5 Å². The lowest BCUT2D eigenvalue weighted by Crippen LogP contribution is -1.89. The Kier molecular flexibility index (Phi) is 3.15. The zero-order valence-electron chi connectivity index (χ0n) is 12.2. The molecule has 0 aliphatic heterocycles. The van der Waals surface area contributed by atoms with Crippen LogP contribution in [0.25, 0.3) is 43.4 Å². The first-order chi connectivity index (χ1) is 11.4. The highest BCUT2D eigenvalue weighted by atomic mass is 15.1. The van der Waals surface area contributed by atoms with Crippen molar-refractivity contribution in [2.45, 2.75) is 0 Å². The van der Waals surface area contributed by atoms with Gasteiger partial charge in [0.1, 0.15) is 0 Å². The van der Waals surface area contributed by atoms with Crippen LogP contribution in [0.2, 0.25) is 0 Å². The molecule has 0 N–H and O–H groups in total. The lowest BCUT2D eigenvalue weighted by molar-refractivity contribution is 1.46. The number of benzene rings is 3. The van der Waals surface area contributed by atoms with E-state index in [2.05, 4.69) is 22.2 Å². The molecular weight excluding hydrogens is 284 g/mol. The van der Waals surface area contributed by atoms with Gasteiger partial charge in [0.2, 0.25) is 0 Å². The first kappa shape index (κ1) is 13.3. The van der Waals surface area contributed by atoms with Gasteiger partial charge < -0.3 is 0 Å². The third-order valence-corrected chi connectivity index (χ3v) is 3.91. The van der Waals surface area contributed by atoms with Crippen molar-refractivity contribution in [1.82, 2.24) is 4.98 Å². The maximum Gasteiger partial charge on any atom is 0.0715 e. The van der Waals surface area contributed by atoms with Crippen LogP contribution in [0.3, 0.4) is 0 Å². The number of nitrogens with zero attached hydrogens (tertiary/aromatic N) is 4. The minimum Gasteiger partial charge on any atom is -0.248 e. The summed E-state index contributed by atoms with van der Waals surface area (Å²) in [7, 11) is 0. The van der Waals surface area contributed by atoms with Crippen LogP contribution < -0.4 is 0 Å². The second kappa shape index (κ2) is 5.44. The molecule has 3 aromatic carbocycles. The quantitative estimate of drug-likeness (QED) is 0.194. The van der Waals surface area contributed by atoms with E-state index in [-0.39, 0.29) is 0 Å². The van der Waals surface area contributed by atoms with E-state index in [1.54, 1.807) is 0 Å². The van der Waals surface area contributed by atoms with Crippen LogP contribution in [-0.2, 0) is 0 Å².